The molecule has 2 heterocycles. The average Bonchev–Trinajstić information content (AvgIpc) is 3.07. The number of amides is 3. The first-order valence-electron chi connectivity index (χ1n) is 10.3. The highest BCUT2D eigenvalue weighted by molar-refractivity contribution is 6.07. The second kappa shape index (κ2) is 8.97. The Morgan fingerprint density at radius 3 is 2.17 bits per heavy atom. The van der Waals surface area contributed by atoms with E-state index in [0.717, 1.165) is 12.1 Å². The van der Waals surface area contributed by atoms with Gasteiger partial charge in [-0.15, -0.1) is 0 Å². The van der Waals surface area contributed by atoms with E-state index in [0.29, 0.717) is 32.5 Å². The van der Waals surface area contributed by atoms with Gasteiger partial charge in [0.15, 0.2) is 0 Å². The molecule has 0 saturated carbocycles. The van der Waals surface area contributed by atoms with Crippen LogP contribution < -0.4 is 0 Å². The van der Waals surface area contributed by atoms with Gasteiger partial charge in [-0.2, -0.15) is 0 Å². The zero-order valence-electron chi connectivity index (χ0n) is 17.5. The Hall–Kier alpha value is -2.71. The minimum atomic E-state index is -0.920. The van der Waals surface area contributed by atoms with Crippen LogP contribution in [0.25, 0.3) is 0 Å². The lowest BCUT2D eigenvalue weighted by molar-refractivity contribution is 0.0639. The van der Waals surface area contributed by atoms with Crippen molar-refractivity contribution in [2.75, 3.05) is 32.7 Å². The van der Waals surface area contributed by atoms with Crippen molar-refractivity contribution in [1.82, 2.24) is 14.7 Å². The summed E-state index contributed by atoms with van der Waals surface area (Å²) in [7, 11) is 0. The quantitative estimate of drug-likeness (QED) is 0.730. The molecule has 3 amide bonds. The summed E-state index contributed by atoms with van der Waals surface area (Å²) in [6.07, 6.45) is 0.468. The molecule has 2 aliphatic rings. The third-order valence-electron chi connectivity index (χ3n) is 5.76. The van der Waals surface area contributed by atoms with Crippen molar-refractivity contribution < 1.29 is 27.9 Å². The molecule has 0 aromatic heterocycles. The van der Waals surface area contributed by atoms with E-state index in [9.17, 15) is 23.2 Å². The predicted octanol–water partition coefficient (Wildman–Crippen LogP) is 2.89. The lowest BCUT2D eigenvalue weighted by Gasteiger charge is -2.36. The Morgan fingerprint density at radius 2 is 1.67 bits per heavy atom. The molecule has 1 aromatic carbocycles. The number of cyclic esters (lactones) is 1. The van der Waals surface area contributed by atoms with Crippen molar-refractivity contribution in [3.8, 4) is 0 Å². The van der Waals surface area contributed by atoms with Crippen molar-refractivity contribution in [3.63, 3.8) is 0 Å². The molecular formula is C21H27F2N3O4. The second-order valence-corrected chi connectivity index (χ2v) is 7.63. The molecule has 2 fully saturated rings. The van der Waals surface area contributed by atoms with Crippen LogP contribution in [0.5, 0.6) is 0 Å². The van der Waals surface area contributed by atoms with E-state index in [-0.39, 0.29) is 31.3 Å². The van der Waals surface area contributed by atoms with Crippen LogP contribution in [-0.2, 0) is 4.74 Å². The topological polar surface area (TPSA) is 70.2 Å². The van der Waals surface area contributed by atoms with Crippen LogP contribution >= 0.6 is 0 Å². The maximum Gasteiger partial charge on any atom is 0.410 e. The van der Waals surface area contributed by atoms with E-state index in [1.165, 1.54) is 9.80 Å². The van der Waals surface area contributed by atoms with Crippen LogP contribution in [0.4, 0.5) is 13.6 Å². The summed E-state index contributed by atoms with van der Waals surface area (Å²) < 4.78 is 34.3. The number of hydrogen-bond donors (Lipinski definition) is 0. The minimum absolute atomic E-state index is 0.0689. The fourth-order valence-electron chi connectivity index (χ4n) is 4.10. The van der Waals surface area contributed by atoms with E-state index in [1.807, 2.05) is 6.92 Å². The molecule has 3 rings (SSSR count). The molecule has 2 aliphatic heterocycles. The molecular weight excluding hydrogens is 396 g/mol. The number of piperidine rings is 1. The Balaban J connectivity index is 1.80. The van der Waals surface area contributed by atoms with Gasteiger partial charge in [-0.05, 0) is 45.7 Å². The molecule has 1 unspecified atom stereocenters. The van der Waals surface area contributed by atoms with Gasteiger partial charge in [0.2, 0.25) is 0 Å². The maximum atomic E-state index is 14.6. The van der Waals surface area contributed by atoms with E-state index < -0.39 is 34.6 Å². The number of benzene rings is 1. The molecule has 1 aromatic rings. The molecule has 2 saturated heterocycles. The molecule has 1 atom stereocenters. The summed E-state index contributed by atoms with van der Waals surface area (Å²) in [6, 6.07) is 1.67. The van der Waals surface area contributed by atoms with Gasteiger partial charge in [0.1, 0.15) is 17.7 Å². The third-order valence-corrected chi connectivity index (χ3v) is 5.76. The molecule has 30 heavy (non-hydrogen) atoms. The number of nitrogens with zero attached hydrogens (tertiary/aromatic N) is 3. The number of likely N-dealkylation sites (tertiary alicyclic amines) is 1. The van der Waals surface area contributed by atoms with Crippen molar-refractivity contribution in [1.29, 1.82) is 0 Å². The fraction of sp³-hybridized carbons (Fsp3) is 0.571. The normalized spacial score (nSPS) is 19.8. The first-order chi connectivity index (χ1) is 14.3. The zero-order valence-corrected chi connectivity index (χ0v) is 17.5. The Bertz CT molecular complexity index is 836. The van der Waals surface area contributed by atoms with Crippen molar-refractivity contribution >= 4 is 17.9 Å². The third kappa shape index (κ3) is 4.11. The standard InChI is InChI=1S/C21H27F2N3O4/c1-4-24(5-2)19(27)17-15(22)6-7-16(23)18(17)20(28)25-10-8-14(9-11-25)26-12-13(3)30-21(26)29/h6-7,13-14H,4-5,8-12H2,1-3H3. The van der Waals surface area contributed by atoms with Gasteiger partial charge in [0.25, 0.3) is 11.8 Å². The lowest BCUT2D eigenvalue weighted by Crippen LogP contribution is -2.47. The molecule has 0 radical (unpaired) electrons. The zero-order chi connectivity index (χ0) is 22.0. The molecule has 0 N–H and O–H groups in total. The molecule has 9 heteroatoms. The maximum absolute atomic E-state index is 14.6. The minimum Gasteiger partial charge on any atom is -0.444 e. The smallest absolute Gasteiger partial charge is 0.410 e. The monoisotopic (exact) mass is 423 g/mol. The second-order valence-electron chi connectivity index (χ2n) is 7.63. The van der Waals surface area contributed by atoms with Gasteiger partial charge in [0.05, 0.1) is 17.7 Å². The van der Waals surface area contributed by atoms with Gasteiger partial charge in [0, 0.05) is 32.2 Å². The van der Waals surface area contributed by atoms with Crippen LogP contribution in [0.2, 0.25) is 0 Å². The summed E-state index contributed by atoms with van der Waals surface area (Å²) in [6.45, 7) is 6.96. The predicted molar refractivity (Wildman–Crippen MR) is 105 cm³/mol. The number of carbonyl (C=O) groups is 3. The Labute approximate surface area is 174 Å². The molecule has 0 aliphatic carbocycles. The van der Waals surface area contributed by atoms with Crippen molar-refractivity contribution in [2.24, 2.45) is 0 Å². The van der Waals surface area contributed by atoms with Gasteiger partial charge >= 0.3 is 6.09 Å². The van der Waals surface area contributed by atoms with Gasteiger partial charge in [-0.25, -0.2) is 13.6 Å². The highest BCUT2D eigenvalue weighted by Crippen LogP contribution is 2.26. The largest absolute Gasteiger partial charge is 0.444 e. The van der Waals surface area contributed by atoms with Crippen molar-refractivity contribution in [3.05, 3.63) is 34.9 Å². The number of hydrogen-bond acceptors (Lipinski definition) is 4. The van der Waals surface area contributed by atoms with Crippen LogP contribution in [-0.4, -0.2) is 77.5 Å². The number of rotatable bonds is 5. The summed E-state index contributed by atoms with van der Waals surface area (Å²) in [5, 5.41) is 0. The lowest BCUT2D eigenvalue weighted by atomic mass is 9.99. The van der Waals surface area contributed by atoms with E-state index >= 15 is 0 Å². The van der Waals surface area contributed by atoms with E-state index in [4.69, 9.17) is 4.74 Å². The first-order valence-corrected chi connectivity index (χ1v) is 10.3. The highest BCUT2D eigenvalue weighted by Gasteiger charge is 2.37. The van der Waals surface area contributed by atoms with E-state index in [1.54, 1.807) is 18.7 Å². The summed E-state index contributed by atoms with van der Waals surface area (Å²) in [5.41, 5.74) is -1.05. The first kappa shape index (κ1) is 22.0. The van der Waals surface area contributed by atoms with Gasteiger partial charge < -0.3 is 19.4 Å². The van der Waals surface area contributed by atoms with Crippen molar-refractivity contribution in [2.45, 2.75) is 45.8 Å². The number of carbonyl (C=O) groups excluding carboxylic acids is 3. The number of halogens is 2. The van der Waals surface area contributed by atoms with Crippen LogP contribution in [0, 0.1) is 11.6 Å². The molecule has 164 valence electrons. The summed E-state index contributed by atoms with van der Waals surface area (Å²) in [5.74, 6) is -3.25. The summed E-state index contributed by atoms with van der Waals surface area (Å²) >= 11 is 0. The van der Waals surface area contributed by atoms with Crippen LogP contribution in [0.1, 0.15) is 54.3 Å². The van der Waals surface area contributed by atoms with Crippen LogP contribution in [0.3, 0.4) is 0 Å². The molecule has 0 spiro atoms. The average molecular weight is 423 g/mol. The fourth-order valence-corrected chi connectivity index (χ4v) is 4.10. The highest BCUT2D eigenvalue weighted by atomic mass is 19.1. The van der Waals surface area contributed by atoms with Crippen LogP contribution in [0.15, 0.2) is 12.1 Å². The number of ether oxygens (including phenoxy) is 1. The van der Waals surface area contributed by atoms with Gasteiger partial charge in [-0.3, -0.25) is 9.59 Å². The Kier molecular flexibility index (Phi) is 6.58. The van der Waals surface area contributed by atoms with E-state index in [2.05, 4.69) is 0 Å². The molecule has 0 bridgehead atoms. The molecule has 7 nitrogen and oxygen atoms in total. The van der Waals surface area contributed by atoms with Gasteiger partial charge in [-0.1, -0.05) is 0 Å². The SMILES string of the molecule is CCN(CC)C(=O)c1c(F)ccc(F)c1C(=O)N1CCC(N2CC(C)OC2=O)CC1. The summed E-state index contributed by atoms with van der Waals surface area (Å²) in [4.78, 5) is 42.2. The Morgan fingerprint density at radius 1 is 1.10 bits per heavy atom.